The molecule has 3 rings (SSSR count). The zero-order valence-electron chi connectivity index (χ0n) is 18.4. The van der Waals surface area contributed by atoms with Gasteiger partial charge in [-0.05, 0) is 56.3 Å². The van der Waals surface area contributed by atoms with E-state index in [0.29, 0.717) is 37.4 Å². The number of benzene rings is 1. The lowest BCUT2D eigenvalue weighted by Gasteiger charge is -2.37. The van der Waals surface area contributed by atoms with Gasteiger partial charge in [0.1, 0.15) is 11.9 Å². The molecule has 7 nitrogen and oxygen atoms in total. The number of amides is 3. The van der Waals surface area contributed by atoms with Crippen LogP contribution < -0.4 is 5.73 Å². The lowest BCUT2D eigenvalue weighted by molar-refractivity contribution is -0.142. The van der Waals surface area contributed by atoms with Crippen molar-refractivity contribution in [3.05, 3.63) is 35.6 Å². The predicted octanol–water partition coefficient (Wildman–Crippen LogP) is 1.78. The van der Waals surface area contributed by atoms with Crippen LogP contribution in [0.4, 0.5) is 4.39 Å². The Hall–Kier alpha value is -2.48. The first-order valence-corrected chi connectivity index (χ1v) is 11.1. The Balaban J connectivity index is 1.54. The summed E-state index contributed by atoms with van der Waals surface area (Å²) in [6.07, 6.45) is 3.54. The summed E-state index contributed by atoms with van der Waals surface area (Å²) in [6, 6.07) is 4.80. The number of hydrogen-bond donors (Lipinski definition) is 1. The number of primary amides is 1. The number of piperidine rings is 2. The lowest BCUT2D eigenvalue weighted by Crippen LogP contribution is -2.49. The number of likely N-dealkylation sites (N-methyl/N-ethyl adjacent to an activating group) is 1. The van der Waals surface area contributed by atoms with Crippen LogP contribution in [0.3, 0.4) is 0 Å². The quantitative estimate of drug-likeness (QED) is 0.742. The minimum atomic E-state index is -0.889. The molecule has 0 saturated carbocycles. The average molecular weight is 433 g/mol. The highest BCUT2D eigenvalue weighted by Gasteiger charge is 2.33. The SMILES string of the molecule is CC1CCCN(C(=O)C2CCN(C(=O)CN(C)C(C(N)=O)c3cccc(F)c3)CC2)C1. The molecule has 0 radical (unpaired) electrons. The molecule has 2 heterocycles. The summed E-state index contributed by atoms with van der Waals surface area (Å²) in [5.41, 5.74) is 5.96. The lowest BCUT2D eigenvalue weighted by atomic mass is 9.92. The van der Waals surface area contributed by atoms with Crippen LogP contribution in [-0.4, -0.2) is 72.2 Å². The summed E-state index contributed by atoms with van der Waals surface area (Å²) in [5, 5.41) is 0. The van der Waals surface area contributed by atoms with Gasteiger partial charge in [-0.1, -0.05) is 19.1 Å². The monoisotopic (exact) mass is 432 g/mol. The van der Waals surface area contributed by atoms with Gasteiger partial charge in [0.15, 0.2) is 0 Å². The Morgan fingerprint density at radius 1 is 1.16 bits per heavy atom. The molecule has 2 N–H and O–H groups in total. The molecule has 2 atom stereocenters. The van der Waals surface area contributed by atoms with Crippen LogP contribution in [0.15, 0.2) is 24.3 Å². The number of rotatable bonds is 6. The van der Waals surface area contributed by atoms with Crippen molar-refractivity contribution < 1.29 is 18.8 Å². The maximum atomic E-state index is 13.6. The van der Waals surface area contributed by atoms with Gasteiger partial charge in [-0.2, -0.15) is 0 Å². The van der Waals surface area contributed by atoms with Crippen molar-refractivity contribution in [2.75, 3.05) is 39.8 Å². The van der Waals surface area contributed by atoms with Crippen LogP contribution in [0.2, 0.25) is 0 Å². The molecule has 8 heteroatoms. The van der Waals surface area contributed by atoms with E-state index in [1.807, 2.05) is 4.90 Å². The summed E-state index contributed by atoms with van der Waals surface area (Å²) >= 11 is 0. The average Bonchev–Trinajstić information content (AvgIpc) is 2.73. The predicted molar refractivity (Wildman–Crippen MR) is 115 cm³/mol. The highest BCUT2D eigenvalue weighted by molar-refractivity contribution is 5.84. The fourth-order valence-electron chi connectivity index (χ4n) is 4.74. The number of halogens is 1. The van der Waals surface area contributed by atoms with Gasteiger partial charge in [0.2, 0.25) is 17.7 Å². The second kappa shape index (κ2) is 10.2. The summed E-state index contributed by atoms with van der Waals surface area (Å²) in [7, 11) is 1.63. The van der Waals surface area contributed by atoms with Gasteiger partial charge < -0.3 is 15.5 Å². The summed E-state index contributed by atoms with van der Waals surface area (Å²) in [4.78, 5) is 42.9. The number of nitrogens with two attached hydrogens (primary N) is 1. The Morgan fingerprint density at radius 2 is 1.87 bits per heavy atom. The minimum absolute atomic E-state index is 0.00757. The van der Waals surface area contributed by atoms with Crippen molar-refractivity contribution in [3.63, 3.8) is 0 Å². The molecule has 0 aliphatic carbocycles. The second-order valence-electron chi connectivity index (χ2n) is 8.96. The smallest absolute Gasteiger partial charge is 0.239 e. The molecule has 31 heavy (non-hydrogen) atoms. The molecule has 0 bridgehead atoms. The van der Waals surface area contributed by atoms with Crippen molar-refractivity contribution in [3.8, 4) is 0 Å². The Labute approximate surface area is 183 Å². The maximum Gasteiger partial charge on any atom is 0.239 e. The third-order valence-corrected chi connectivity index (χ3v) is 6.42. The Bertz CT molecular complexity index is 810. The summed E-state index contributed by atoms with van der Waals surface area (Å²) in [6.45, 7) is 4.88. The first-order valence-electron chi connectivity index (χ1n) is 11.1. The van der Waals surface area contributed by atoms with Crippen molar-refractivity contribution in [1.82, 2.24) is 14.7 Å². The van der Waals surface area contributed by atoms with E-state index in [2.05, 4.69) is 6.92 Å². The number of carbonyl (C=O) groups is 3. The third-order valence-electron chi connectivity index (χ3n) is 6.42. The molecule has 170 valence electrons. The van der Waals surface area contributed by atoms with E-state index < -0.39 is 17.8 Å². The Kier molecular flexibility index (Phi) is 7.64. The van der Waals surface area contributed by atoms with Crippen LogP contribution in [0.1, 0.15) is 44.2 Å². The highest BCUT2D eigenvalue weighted by Crippen LogP contribution is 2.25. The van der Waals surface area contributed by atoms with Crippen LogP contribution in [0.5, 0.6) is 0 Å². The van der Waals surface area contributed by atoms with E-state index in [0.717, 1.165) is 19.5 Å². The van der Waals surface area contributed by atoms with E-state index in [9.17, 15) is 18.8 Å². The van der Waals surface area contributed by atoms with Crippen LogP contribution >= 0.6 is 0 Å². The van der Waals surface area contributed by atoms with Crippen LogP contribution in [0.25, 0.3) is 0 Å². The van der Waals surface area contributed by atoms with Crippen molar-refractivity contribution in [1.29, 1.82) is 0 Å². The first kappa shape index (κ1) is 23.2. The van der Waals surface area contributed by atoms with Gasteiger partial charge in [0.25, 0.3) is 0 Å². The maximum absolute atomic E-state index is 13.6. The topological polar surface area (TPSA) is 87.0 Å². The van der Waals surface area contributed by atoms with Gasteiger partial charge in [-0.25, -0.2) is 4.39 Å². The van der Waals surface area contributed by atoms with E-state index in [1.54, 1.807) is 22.9 Å². The second-order valence-corrected chi connectivity index (χ2v) is 8.96. The minimum Gasteiger partial charge on any atom is -0.368 e. The van der Waals surface area contributed by atoms with Crippen molar-refractivity contribution in [2.45, 2.75) is 38.6 Å². The summed E-state index contributed by atoms with van der Waals surface area (Å²) < 4.78 is 13.6. The standard InChI is InChI=1S/C23H33FN4O3/c1-16-5-4-10-28(14-16)23(31)17-8-11-27(12-9-17)20(29)15-26(2)21(22(25)30)18-6-3-7-19(24)13-18/h3,6-7,13,16-17,21H,4-5,8-12,14-15H2,1-2H3,(H2,25,30). The van der Waals surface area contributed by atoms with Crippen molar-refractivity contribution in [2.24, 2.45) is 17.6 Å². The van der Waals surface area contributed by atoms with Crippen molar-refractivity contribution >= 4 is 17.7 Å². The molecule has 0 aromatic heterocycles. The number of carbonyl (C=O) groups excluding carboxylic acids is 3. The molecule has 2 aliphatic rings. The fourth-order valence-corrected chi connectivity index (χ4v) is 4.74. The molecular formula is C23H33FN4O3. The molecule has 0 spiro atoms. The molecule has 2 unspecified atom stereocenters. The normalized spacial score (nSPS) is 21.2. The largest absolute Gasteiger partial charge is 0.368 e. The van der Waals surface area contributed by atoms with Gasteiger partial charge in [0.05, 0.1) is 6.54 Å². The van der Waals surface area contributed by atoms with Crippen LogP contribution in [-0.2, 0) is 14.4 Å². The van der Waals surface area contributed by atoms with Gasteiger partial charge in [0, 0.05) is 32.1 Å². The molecule has 3 amide bonds. The van der Waals surface area contributed by atoms with E-state index >= 15 is 0 Å². The zero-order valence-corrected chi connectivity index (χ0v) is 18.4. The van der Waals surface area contributed by atoms with Crippen LogP contribution in [0, 0.1) is 17.7 Å². The number of likely N-dealkylation sites (tertiary alicyclic amines) is 2. The van der Waals surface area contributed by atoms with E-state index in [-0.39, 0.29) is 24.3 Å². The molecule has 2 saturated heterocycles. The molecule has 2 aliphatic heterocycles. The highest BCUT2D eigenvalue weighted by atomic mass is 19.1. The Morgan fingerprint density at radius 3 is 2.48 bits per heavy atom. The number of hydrogen-bond acceptors (Lipinski definition) is 4. The molecule has 1 aromatic carbocycles. The van der Waals surface area contributed by atoms with Gasteiger partial charge >= 0.3 is 0 Å². The zero-order chi connectivity index (χ0) is 22.5. The molecule has 2 fully saturated rings. The third kappa shape index (κ3) is 5.81. The van der Waals surface area contributed by atoms with Gasteiger partial charge in [-0.3, -0.25) is 19.3 Å². The summed E-state index contributed by atoms with van der Waals surface area (Å²) in [5.74, 6) is -0.485. The van der Waals surface area contributed by atoms with E-state index in [4.69, 9.17) is 5.73 Å². The van der Waals surface area contributed by atoms with E-state index in [1.165, 1.54) is 24.6 Å². The van der Waals surface area contributed by atoms with Gasteiger partial charge in [-0.15, -0.1) is 0 Å². The first-order chi connectivity index (χ1) is 14.8. The molecule has 1 aromatic rings. The molecular weight excluding hydrogens is 399 g/mol. The number of nitrogens with zero attached hydrogens (tertiary/aromatic N) is 3. The fraction of sp³-hybridized carbons (Fsp3) is 0.609.